The molecule has 0 unspecified atom stereocenters. The largest absolute Gasteiger partial charge is 0.481 e. The van der Waals surface area contributed by atoms with Crippen molar-refractivity contribution in [1.29, 1.82) is 0 Å². The van der Waals surface area contributed by atoms with Gasteiger partial charge >= 0.3 is 5.97 Å². The van der Waals surface area contributed by atoms with Crippen LogP contribution in [-0.2, 0) is 14.4 Å². The number of hydrogen-bond donors (Lipinski definition) is 1. The predicted octanol–water partition coefficient (Wildman–Crippen LogP) is 6.54. The quantitative estimate of drug-likeness (QED) is 0.476. The van der Waals surface area contributed by atoms with Crippen LogP contribution < -0.4 is 0 Å². The van der Waals surface area contributed by atoms with Crippen LogP contribution in [0.5, 0.6) is 0 Å². The fraction of sp³-hybridized carbons (Fsp3) is 0.767. The van der Waals surface area contributed by atoms with Gasteiger partial charge in [0.1, 0.15) is 11.6 Å². The normalized spacial score (nSPS) is 46.8. The number of carbonyl (C=O) groups excluding carboxylic acids is 2. The van der Waals surface area contributed by atoms with E-state index in [1.54, 1.807) is 0 Å². The SMILES string of the molecule is CC1(C)CC2=C3C=C[C@@H]4[C@@]5(C)CCC(=O)C(C)(C)[C@@H]5CC[C@@]4(C)[C@]3(C)CC[C@@]2(C(=O)O)CC1=O. The maximum absolute atomic E-state index is 13.0. The Morgan fingerprint density at radius 2 is 1.59 bits per heavy atom. The lowest BCUT2D eigenvalue weighted by Crippen LogP contribution is -2.63. The van der Waals surface area contributed by atoms with Crippen molar-refractivity contribution in [2.45, 2.75) is 99.8 Å². The minimum absolute atomic E-state index is 0.00205. The van der Waals surface area contributed by atoms with Gasteiger partial charge in [0.2, 0.25) is 0 Å². The Balaban J connectivity index is 1.70. The lowest BCUT2D eigenvalue weighted by Gasteiger charge is -2.68. The minimum atomic E-state index is -1.05. The molecule has 0 saturated heterocycles. The Hall–Kier alpha value is -1.71. The lowest BCUT2D eigenvalue weighted by molar-refractivity contribution is -0.169. The van der Waals surface area contributed by atoms with Crippen LogP contribution in [0.25, 0.3) is 0 Å². The molecule has 4 heteroatoms. The zero-order valence-corrected chi connectivity index (χ0v) is 22.1. The summed E-state index contributed by atoms with van der Waals surface area (Å²) in [6.07, 6.45) is 10.3. The van der Waals surface area contributed by atoms with Crippen LogP contribution in [-0.4, -0.2) is 22.6 Å². The van der Waals surface area contributed by atoms with Gasteiger partial charge < -0.3 is 5.11 Å². The number of allylic oxidation sites excluding steroid dienone is 3. The molecule has 5 rings (SSSR count). The molecule has 4 nitrogen and oxygen atoms in total. The van der Waals surface area contributed by atoms with Crippen LogP contribution in [0.15, 0.2) is 23.3 Å². The minimum Gasteiger partial charge on any atom is -0.481 e. The number of aliphatic carboxylic acids is 1. The molecular formula is C30H42O4. The highest BCUT2D eigenvalue weighted by Crippen LogP contribution is 2.73. The first-order valence-electron chi connectivity index (χ1n) is 13.3. The molecule has 0 heterocycles. The Bertz CT molecular complexity index is 1060. The average Bonchev–Trinajstić information content (AvgIpc) is 2.72. The Kier molecular flexibility index (Phi) is 4.75. The van der Waals surface area contributed by atoms with Crippen molar-refractivity contribution in [2.75, 3.05) is 0 Å². The van der Waals surface area contributed by atoms with Crippen molar-refractivity contribution in [1.82, 2.24) is 0 Å². The van der Waals surface area contributed by atoms with E-state index in [0.29, 0.717) is 36.9 Å². The molecule has 1 N–H and O–H groups in total. The summed E-state index contributed by atoms with van der Waals surface area (Å²) < 4.78 is 0. The van der Waals surface area contributed by atoms with Crippen molar-refractivity contribution in [3.05, 3.63) is 23.3 Å². The molecule has 6 atom stereocenters. The van der Waals surface area contributed by atoms with E-state index in [4.69, 9.17) is 0 Å². The number of carboxylic acid groups (broad SMARTS) is 1. The molecule has 34 heavy (non-hydrogen) atoms. The first-order chi connectivity index (χ1) is 15.6. The molecule has 0 bridgehead atoms. The van der Waals surface area contributed by atoms with E-state index in [0.717, 1.165) is 31.3 Å². The summed E-state index contributed by atoms with van der Waals surface area (Å²) in [4.78, 5) is 38.6. The molecule has 5 aliphatic rings. The molecule has 3 fully saturated rings. The Morgan fingerprint density at radius 1 is 0.912 bits per heavy atom. The van der Waals surface area contributed by atoms with Gasteiger partial charge in [0, 0.05) is 23.7 Å². The van der Waals surface area contributed by atoms with Gasteiger partial charge in [-0.1, -0.05) is 60.6 Å². The fourth-order valence-electron chi connectivity index (χ4n) is 9.57. The van der Waals surface area contributed by atoms with E-state index in [2.05, 4.69) is 46.8 Å². The summed E-state index contributed by atoms with van der Waals surface area (Å²) >= 11 is 0. The predicted molar refractivity (Wildman–Crippen MR) is 132 cm³/mol. The van der Waals surface area contributed by atoms with Gasteiger partial charge in [-0.3, -0.25) is 14.4 Å². The van der Waals surface area contributed by atoms with Crippen molar-refractivity contribution in [2.24, 2.45) is 44.3 Å². The number of Topliss-reactive ketones (excluding diaryl/α,β-unsaturated/α-hetero) is 2. The molecule has 0 aliphatic heterocycles. The van der Waals surface area contributed by atoms with Crippen LogP contribution in [0.3, 0.4) is 0 Å². The molecular weight excluding hydrogens is 424 g/mol. The average molecular weight is 467 g/mol. The molecule has 0 aromatic rings. The van der Waals surface area contributed by atoms with Gasteiger partial charge in [0.05, 0.1) is 5.41 Å². The molecule has 0 radical (unpaired) electrons. The van der Waals surface area contributed by atoms with E-state index >= 15 is 0 Å². The number of carbonyl (C=O) groups is 3. The van der Waals surface area contributed by atoms with Crippen LogP contribution in [0.2, 0.25) is 0 Å². The summed E-state index contributed by atoms with van der Waals surface area (Å²) in [6, 6.07) is 0. The number of hydrogen-bond acceptors (Lipinski definition) is 3. The van der Waals surface area contributed by atoms with Crippen molar-refractivity contribution >= 4 is 17.5 Å². The number of carboxylic acids is 1. The standard InChI is InChI=1S/C30H42O4/c1-25(2)16-19-18-8-9-21-27(5)12-11-22(31)26(3,4)20(27)10-13-29(21,7)28(18,6)14-15-30(19,24(33)34)17-23(25)32/h8-9,20-21H,10-17H2,1-7H3,(H,33,34)/t20-,21+,27-,28+,29+,30+/m0/s1. The second-order valence-corrected chi connectivity index (χ2v) is 14.3. The summed E-state index contributed by atoms with van der Waals surface area (Å²) in [5, 5.41) is 10.4. The third-order valence-corrected chi connectivity index (χ3v) is 12.1. The molecule has 3 saturated carbocycles. The first kappa shape index (κ1) is 24.0. The lowest BCUT2D eigenvalue weighted by atomic mass is 9.35. The van der Waals surface area contributed by atoms with Gasteiger partial charge in [-0.25, -0.2) is 0 Å². The molecule has 0 spiro atoms. The topological polar surface area (TPSA) is 71.4 Å². The van der Waals surface area contributed by atoms with E-state index in [1.807, 2.05) is 13.8 Å². The summed E-state index contributed by atoms with van der Waals surface area (Å²) in [5.41, 5.74) is 0.287. The number of ketones is 2. The summed E-state index contributed by atoms with van der Waals surface area (Å²) in [7, 11) is 0. The zero-order chi connectivity index (χ0) is 25.1. The van der Waals surface area contributed by atoms with E-state index in [9.17, 15) is 19.5 Å². The smallest absolute Gasteiger partial charge is 0.314 e. The highest BCUT2D eigenvalue weighted by molar-refractivity contribution is 5.94. The molecule has 0 aromatic carbocycles. The molecule has 0 amide bonds. The maximum atomic E-state index is 13.0. The zero-order valence-electron chi connectivity index (χ0n) is 22.1. The third kappa shape index (κ3) is 2.64. The second kappa shape index (κ2) is 6.73. The van der Waals surface area contributed by atoms with E-state index in [-0.39, 0.29) is 33.9 Å². The highest BCUT2D eigenvalue weighted by atomic mass is 16.4. The van der Waals surface area contributed by atoms with Crippen LogP contribution in [0.1, 0.15) is 99.8 Å². The second-order valence-electron chi connectivity index (χ2n) is 14.3. The molecule has 186 valence electrons. The number of rotatable bonds is 1. The Morgan fingerprint density at radius 3 is 2.24 bits per heavy atom. The number of fused-ring (bicyclic) bond motifs is 6. The fourth-order valence-corrected chi connectivity index (χ4v) is 9.57. The van der Waals surface area contributed by atoms with Gasteiger partial charge in [0.15, 0.2) is 0 Å². The molecule has 5 aliphatic carbocycles. The summed E-state index contributed by atoms with van der Waals surface area (Å²) in [5.74, 6) is 0.384. The first-order valence-corrected chi connectivity index (χ1v) is 13.3. The monoisotopic (exact) mass is 466 g/mol. The van der Waals surface area contributed by atoms with Gasteiger partial charge in [0.25, 0.3) is 0 Å². The van der Waals surface area contributed by atoms with Gasteiger partial charge in [-0.15, -0.1) is 0 Å². The molecule has 0 aromatic heterocycles. The highest BCUT2D eigenvalue weighted by Gasteiger charge is 2.67. The van der Waals surface area contributed by atoms with E-state index < -0.39 is 16.8 Å². The van der Waals surface area contributed by atoms with Crippen LogP contribution >= 0.6 is 0 Å². The van der Waals surface area contributed by atoms with Crippen LogP contribution in [0, 0.1) is 44.3 Å². The van der Waals surface area contributed by atoms with Crippen molar-refractivity contribution < 1.29 is 19.5 Å². The van der Waals surface area contributed by atoms with Crippen molar-refractivity contribution in [3.63, 3.8) is 0 Å². The van der Waals surface area contributed by atoms with Crippen LogP contribution in [0.4, 0.5) is 0 Å². The van der Waals surface area contributed by atoms with E-state index in [1.165, 1.54) is 5.57 Å². The summed E-state index contributed by atoms with van der Waals surface area (Å²) in [6.45, 7) is 15.5. The van der Waals surface area contributed by atoms with Gasteiger partial charge in [-0.2, -0.15) is 0 Å². The Labute approximate surface area is 204 Å². The third-order valence-electron chi connectivity index (χ3n) is 12.1. The maximum Gasteiger partial charge on any atom is 0.314 e. The van der Waals surface area contributed by atoms with Crippen molar-refractivity contribution in [3.8, 4) is 0 Å². The van der Waals surface area contributed by atoms with Gasteiger partial charge in [-0.05, 0) is 77.8 Å².